The van der Waals surface area contributed by atoms with E-state index in [0.717, 1.165) is 6.42 Å². The summed E-state index contributed by atoms with van der Waals surface area (Å²) >= 11 is 0. The number of aromatic nitrogens is 5. The Balaban J connectivity index is 1.42. The minimum atomic E-state index is -3.60. The second-order valence-electron chi connectivity index (χ2n) is 10.5. The van der Waals surface area contributed by atoms with Gasteiger partial charge in [0.1, 0.15) is 12.1 Å². The molecule has 12 nitrogen and oxygen atoms in total. The molecule has 1 aliphatic heterocycles. The van der Waals surface area contributed by atoms with E-state index in [-0.39, 0.29) is 46.1 Å². The number of alkyl halides is 2. The van der Waals surface area contributed by atoms with E-state index >= 15 is 4.39 Å². The summed E-state index contributed by atoms with van der Waals surface area (Å²) in [5, 5.41) is 35.0. The molecule has 212 valence electrons. The summed E-state index contributed by atoms with van der Waals surface area (Å²) in [6, 6.07) is 4.23. The highest BCUT2D eigenvalue weighted by atomic mass is 19.3. The maximum absolute atomic E-state index is 15.2. The summed E-state index contributed by atoms with van der Waals surface area (Å²) < 4.78 is 48.0. The van der Waals surface area contributed by atoms with Crippen molar-refractivity contribution >= 4 is 11.4 Å². The lowest BCUT2D eigenvalue weighted by atomic mass is 9.77. The second-order valence-corrected chi connectivity index (χ2v) is 10.5. The molecule has 2 aliphatic carbocycles. The molecule has 0 radical (unpaired) electrons. The van der Waals surface area contributed by atoms with E-state index in [4.69, 9.17) is 10.5 Å². The Hall–Kier alpha value is -4.18. The Bertz CT molecular complexity index is 1740. The van der Waals surface area contributed by atoms with Gasteiger partial charge >= 0.3 is 12.7 Å². The van der Waals surface area contributed by atoms with Crippen molar-refractivity contribution in [3.05, 3.63) is 70.9 Å². The predicted octanol–water partition coefficient (Wildman–Crippen LogP) is 1.89. The first-order valence-electron chi connectivity index (χ1n) is 12.8. The number of nitrogens with zero attached hydrogens (tertiary/aromatic N) is 6. The van der Waals surface area contributed by atoms with Crippen LogP contribution in [0, 0.1) is 5.95 Å². The molecule has 1 fully saturated rings. The van der Waals surface area contributed by atoms with Gasteiger partial charge in [-0.25, -0.2) is 19.5 Å². The van der Waals surface area contributed by atoms with Crippen LogP contribution in [0.25, 0.3) is 16.8 Å². The first-order chi connectivity index (χ1) is 19.5. The van der Waals surface area contributed by atoms with Crippen LogP contribution >= 0.6 is 0 Å². The number of benzene rings is 1. The summed E-state index contributed by atoms with van der Waals surface area (Å²) in [4.78, 5) is 26.4. The van der Waals surface area contributed by atoms with Crippen LogP contribution in [0.15, 0.2) is 36.8 Å². The topological polar surface area (TPSA) is 172 Å². The van der Waals surface area contributed by atoms with Crippen molar-refractivity contribution in [2.24, 2.45) is 5.73 Å². The number of ether oxygens (including phenoxy) is 1. The molecule has 1 aromatic carbocycles. The Morgan fingerprint density at radius 2 is 1.93 bits per heavy atom. The normalized spacial score (nSPS) is 21.1. The summed E-state index contributed by atoms with van der Waals surface area (Å²) in [6.45, 7) is -3.21. The lowest BCUT2D eigenvalue weighted by Gasteiger charge is -2.36. The highest BCUT2D eigenvalue weighted by Crippen LogP contribution is 2.54. The zero-order valence-electron chi connectivity index (χ0n) is 21.1. The van der Waals surface area contributed by atoms with Gasteiger partial charge in [0.05, 0.1) is 34.0 Å². The zero-order valence-corrected chi connectivity index (χ0v) is 21.1. The third-order valence-corrected chi connectivity index (χ3v) is 8.14. The van der Waals surface area contributed by atoms with E-state index in [1.54, 1.807) is 0 Å². The minimum Gasteiger partial charge on any atom is -0.434 e. The average Bonchev–Trinajstić information content (AvgIpc) is 3.39. The second kappa shape index (κ2) is 8.66. The van der Waals surface area contributed by atoms with Gasteiger partial charge in [-0.1, -0.05) is 6.07 Å². The fourth-order valence-electron chi connectivity index (χ4n) is 6.15. The number of carbonyl (C=O) groups is 1. The molecule has 2 unspecified atom stereocenters. The third kappa shape index (κ3) is 3.80. The van der Waals surface area contributed by atoms with E-state index in [1.165, 1.54) is 41.3 Å². The van der Waals surface area contributed by atoms with Crippen LogP contribution in [0.3, 0.4) is 0 Å². The zero-order chi connectivity index (χ0) is 28.8. The number of halogens is 3. The molecular formula is C26H22F3N7O5. The molecule has 0 saturated heterocycles. The largest absolute Gasteiger partial charge is 0.434 e. The molecule has 4 aromatic rings. The molecule has 1 saturated carbocycles. The third-order valence-electron chi connectivity index (χ3n) is 8.14. The molecule has 1 amide bonds. The van der Waals surface area contributed by atoms with Crippen molar-refractivity contribution in [3.8, 4) is 17.0 Å². The number of amides is 1. The van der Waals surface area contributed by atoms with Crippen molar-refractivity contribution in [2.45, 2.75) is 55.9 Å². The SMILES string of the molecule is NC1(c2ncc(-c3cc4c5c(nn4cn3)C3CC5c4c(OC(F)F)cccc4C(=O)N3C(O)(O)O)c(F)n2)CCC1. The Kier molecular flexibility index (Phi) is 5.44. The first kappa shape index (κ1) is 25.8. The van der Waals surface area contributed by atoms with Crippen molar-refractivity contribution < 1.29 is 38.0 Å². The molecule has 2 atom stereocenters. The average molecular weight is 569 g/mol. The van der Waals surface area contributed by atoms with Crippen molar-refractivity contribution in [1.82, 2.24) is 29.5 Å². The predicted molar refractivity (Wildman–Crippen MR) is 132 cm³/mol. The molecular weight excluding hydrogens is 547 g/mol. The molecule has 5 N–H and O–H groups in total. The van der Waals surface area contributed by atoms with Crippen LogP contribution in [0.2, 0.25) is 0 Å². The van der Waals surface area contributed by atoms with Crippen molar-refractivity contribution in [3.63, 3.8) is 0 Å². The van der Waals surface area contributed by atoms with Crippen LogP contribution in [0.5, 0.6) is 5.75 Å². The number of carbonyl (C=O) groups excluding carboxylic acids is 1. The van der Waals surface area contributed by atoms with Crippen LogP contribution in [-0.2, 0) is 5.54 Å². The molecule has 2 bridgehead atoms. The smallest absolute Gasteiger partial charge is 0.387 e. The van der Waals surface area contributed by atoms with Gasteiger partial charge in [-0.05, 0) is 43.9 Å². The molecule has 15 heteroatoms. The molecule has 7 rings (SSSR count). The molecule has 41 heavy (non-hydrogen) atoms. The molecule has 0 spiro atoms. The summed E-state index contributed by atoms with van der Waals surface area (Å²) in [5.41, 5.74) is 6.49. The Morgan fingerprint density at radius 1 is 1.15 bits per heavy atom. The highest BCUT2D eigenvalue weighted by molar-refractivity contribution is 5.98. The van der Waals surface area contributed by atoms with Gasteiger partial charge in [0.2, 0.25) is 5.95 Å². The number of hydrogen-bond donors (Lipinski definition) is 4. The fraction of sp³-hybridized carbons (Fsp3) is 0.346. The number of aliphatic hydroxyl groups is 3. The quantitative estimate of drug-likeness (QED) is 0.205. The van der Waals surface area contributed by atoms with Crippen LogP contribution in [-0.4, -0.2) is 63.4 Å². The Morgan fingerprint density at radius 3 is 2.59 bits per heavy atom. The minimum absolute atomic E-state index is 0.00802. The number of fused-ring (bicyclic) bond motifs is 9. The number of nitrogens with two attached hydrogens (primary N) is 1. The van der Waals surface area contributed by atoms with E-state index in [9.17, 15) is 28.9 Å². The van der Waals surface area contributed by atoms with Gasteiger partial charge in [-0.3, -0.25) is 9.69 Å². The van der Waals surface area contributed by atoms with Gasteiger partial charge in [-0.2, -0.15) is 18.3 Å². The Labute approximate surface area is 228 Å². The van der Waals surface area contributed by atoms with Gasteiger partial charge in [-0.15, -0.1) is 0 Å². The lowest BCUT2D eigenvalue weighted by molar-refractivity contribution is -0.385. The first-order valence-corrected chi connectivity index (χ1v) is 12.8. The maximum atomic E-state index is 15.2. The maximum Gasteiger partial charge on any atom is 0.387 e. The van der Waals surface area contributed by atoms with Crippen LogP contribution in [0.4, 0.5) is 13.2 Å². The van der Waals surface area contributed by atoms with E-state index in [2.05, 4.69) is 20.1 Å². The van der Waals surface area contributed by atoms with Gasteiger partial charge in [0, 0.05) is 28.8 Å². The van der Waals surface area contributed by atoms with Crippen LogP contribution in [0.1, 0.15) is 70.6 Å². The van der Waals surface area contributed by atoms with E-state index < -0.39 is 42.1 Å². The standard InChI is InChI=1S/C26H22F3N7O5/c27-21-13(9-31-23(33-21)25(30)5-2-6-25)14-8-15-19-12-7-16(20(19)34-35(15)10-32-14)36(26(38,39)40)22(37)11-3-1-4-17(18(11)12)41-24(28)29/h1,3-4,8-10,12,16,24,38-40H,2,5-7,30H2. The van der Waals surface area contributed by atoms with Gasteiger partial charge in [0.25, 0.3) is 5.91 Å². The van der Waals surface area contributed by atoms with E-state index in [0.29, 0.717) is 28.8 Å². The van der Waals surface area contributed by atoms with Gasteiger partial charge in [0.15, 0.2) is 5.82 Å². The highest BCUT2D eigenvalue weighted by Gasteiger charge is 2.52. The fourth-order valence-corrected chi connectivity index (χ4v) is 6.15. The molecule has 3 aliphatic rings. The molecule has 3 aromatic heterocycles. The summed E-state index contributed by atoms with van der Waals surface area (Å²) in [7, 11) is 0. The molecule has 4 heterocycles. The van der Waals surface area contributed by atoms with Crippen LogP contribution < -0.4 is 10.5 Å². The lowest BCUT2D eigenvalue weighted by Crippen LogP contribution is -2.53. The van der Waals surface area contributed by atoms with Gasteiger partial charge < -0.3 is 25.8 Å². The van der Waals surface area contributed by atoms with E-state index in [1.807, 2.05) is 0 Å². The number of hydrogen-bond acceptors (Lipinski definition) is 10. The monoisotopic (exact) mass is 569 g/mol. The van der Waals surface area contributed by atoms with Crippen molar-refractivity contribution in [1.29, 1.82) is 0 Å². The summed E-state index contributed by atoms with van der Waals surface area (Å²) in [6.07, 6.45) is 1.14. The van der Waals surface area contributed by atoms with Crippen molar-refractivity contribution in [2.75, 3.05) is 0 Å². The number of rotatable bonds is 5. The summed E-state index contributed by atoms with van der Waals surface area (Å²) in [5.74, 6) is -2.74.